The summed E-state index contributed by atoms with van der Waals surface area (Å²) in [6.07, 6.45) is 5.17. The highest BCUT2D eigenvalue weighted by molar-refractivity contribution is 5.50. The van der Waals surface area contributed by atoms with Crippen LogP contribution in [0.15, 0.2) is 24.8 Å². The van der Waals surface area contributed by atoms with E-state index in [0.29, 0.717) is 6.04 Å². The Hall–Kier alpha value is -1.08. The third-order valence-electron chi connectivity index (χ3n) is 2.73. The molecule has 1 aliphatic rings. The summed E-state index contributed by atoms with van der Waals surface area (Å²) in [5, 5.41) is 0. The molecule has 2 N–H and O–H groups in total. The van der Waals surface area contributed by atoms with Crippen molar-refractivity contribution in [2.75, 3.05) is 0 Å². The Labute approximate surface area is 79.3 Å². The van der Waals surface area contributed by atoms with Crippen molar-refractivity contribution < 1.29 is 0 Å². The molecule has 0 aliphatic heterocycles. The Morgan fingerprint density at radius 3 is 3.00 bits per heavy atom. The molecule has 0 unspecified atom stereocenters. The van der Waals surface area contributed by atoms with Gasteiger partial charge < -0.3 is 5.73 Å². The molecule has 0 amide bonds. The predicted molar refractivity (Wildman–Crippen MR) is 56.5 cm³/mol. The number of hydrogen-bond donors (Lipinski definition) is 1. The number of rotatable bonds is 1. The van der Waals surface area contributed by atoms with Crippen molar-refractivity contribution in [3.8, 4) is 0 Å². The minimum atomic E-state index is 0.354. The van der Waals surface area contributed by atoms with Gasteiger partial charge in [0.1, 0.15) is 0 Å². The summed E-state index contributed by atoms with van der Waals surface area (Å²) in [6.45, 7) is 3.77. The second-order valence-corrected chi connectivity index (χ2v) is 3.74. The molecule has 0 bridgehead atoms. The van der Waals surface area contributed by atoms with E-state index < -0.39 is 0 Å². The number of benzene rings is 1. The summed E-state index contributed by atoms with van der Waals surface area (Å²) in [5.74, 6) is 0. The lowest BCUT2D eigenvalue weighted by molar-refractivity contribution is 0.576. The monoisotopic (exact) mass is 173 g/mol. The minimum absolute atomic E-state index is 0.354. The molecular weight excluding hydrogens is 158 g/mol. The third-order valence-corrected chi connectivity index (χ3v) is 2.73. The van der Waals surface area contributed by atoms with Crippen molar-refractivity contribution in [1.82, 2.24) is 0 Å². The first-order valence-electron chi connectivity index (χ1n) is 4.79. The molecule has 1 atom stereocenters. The first kappa shape index (κ1) is 8.52. The van der Waals surface area contributed by atoms with E-state index in [1.807, 2.05) is 6.08 Å². The minimum Gasteiger partial charge on any atom is -0.327 e. The lowest BCUT2D eigenvalue weighted by Crippen LogP contribution is -2.27. The van der Waals surface area contributed by atoms with Crippen LogP contribution in [0, 0.1) is 0 Å². The van der Waals surface area contributed by atoms with E-state index in [1.54, 1.807) is 0 Å². The smallest absolute Gasteiger partial charge is 0.00825 e. The van der Waals surface area contributed by atoms with Gasteiger partial charge in [0.05, 0.1) is 0 Å². The highest BCUT2D eigenvalue weighted by Gasteiger charge is 2.14. The zero-order valence-corrected chi connectivity index (χ0v) is 7.79. The van der Waals surface area contributed by atoms with Gasteiger partial charge in [0.25, 0.3) is 0 Å². The van der Waals surface area contributed by atoms with Gasteiger partial charge in [0, 0.05) is 6.04 Å². The SMILES string of the molecule is C=Cc1ccc2c(c1)C[C@H](N)CC2. The van der Waals surface area contributed by atoms with Crippen LogP contribution in [-0.4, -0.2) is 6.04 Å². The van der Waals surface area contributed by atoms with Crippen LogP contribution >= 0.6 is 0 Å². The average molecular weight is 173 g/mol. The maximum atomic E-state index is 5.92. The summed E-state index contributed by atoms with van der Waals surface area (Å²) in [7, 11) is 0. The summed E-state index contributed by atoms with van der Waals surface area (Å²) in [5.41, 5.74) is 10.00. The fourth-order valence-electron chi connectivity index (χ4n) is 1.93. The van der Waals surface area contributed by atoms with Crippen LogP contribution in [-0.2, 0) is 12.8 Å². The van der Waals surface area contributed by atoms with Gasteiger partial charge in [0.15, 0.2) is 0 Å². The zero-order valence-electron chi connectivity index (χ0n) is 7.79. The zero-order chi connectivity index (χ0) is 9.26. The second-order valence-electron chi connectivity index (χ2n) is 3.74. The van der Waals surface area contributed by atoms with Crippen LogP contribution in [0.1, 0.15) is 23.1 Å². The van der Waals surface area contributed by atoms with Gasteiger partial charge in [-0.2, -0.15) is 0 Å². The Kier molecular flexibility index (Phi) is 2.19. The Balaban J connectivity index is 2.38. The van der Waals surface area contributed by atoms with E-state index in [0.717, 1.165) is 19.3 Å². The highest BCUT2D eigenvalue weighted by atomic mass is 14.6. The maximum absolute atomic E-state index is 5.92. The molecule has 0 fully saturated rings. The van der Waals surface area contributed by atoms with E-state index in [2.05, 4.69) is 24.8 Å². The van der Waals surface area contributed by atoms with Crippen molar-refractivity contribution in [3.05, 3.63) is 41.5 Å². The van der Waals surface area contributed by atoms with Crippen molar-refractivity contribution in [2.45, 2.75) is 25.3 Å². The predicted octanol–water partition coefficient (Wildman–Crippen LogP) is 2.15. The molecular formula is C12H15N. The maximum Gasteiger partial charge on any atom is 0.00825 e. The van der Waals surface area contributed by atoms with Crippen LogP contribution in [0.5, 0.6) is 0 Å². The second kappa shape index (κ2) is 3.35. The van der Waals surface area contributed by atoms with Crippen molar-refractivity contribution in [3.63, 3.8) is 0 Å². The molecule has 1 aromatic rings. The van der Waals surface area contributed by atoms with E-state index >= 15 is 0 Å². The molecule has 0 heterocycles. The fraction of sp³-hybridized carbons (Fsp3) is 0.333. The summed E-state index contributed by atoms with van der Waals surface area (Å²) in [4.78, 5) is 0. The number of aryl methyl sites for hydroxylation is 1. The van der Waals surface area contributed by atoms with Crippen LogP contribution < -0.4 is 5.73 Å². The van der Waals surface area contributed by atoms with Crippen LogP contribution in [0.4, 0.5) is 0 Å². The van der Waals surface area contributed by atoms with Gasteiger partial charge in [-0.05, 0) is 36.0 Å². The lowest BCUT2D eigenvalue weighted by Gasteiger charge is -2.21. The quantitative estimate of drug-likeness (QED) is 0.692. The summed E-state index contributed by atoms with van der Waals surface area (Å²) in [6, 6.07) is 6.90. The topological polar surface area (TPSA) is 26.0 Å². The molecule has 1 aromatic carbocycles. The molecule has 0 spiro atoms. The van der Waals surface area contributed by atoms with E-state index in [1.165, 1.54) is 16.7 Å². The Morgan fingerprint density at radius 1 is 1.38 bits per heavy atom. The first-order valence-corrected chi connectivity index (χ1v) is 4.79. The summed E-state index contributed by atoms with van der Waals surface area (Å²) >= 11 is 0. The fourth-order valence-corrected chi connectivity index (χ4v) is 1.93. The molecule has 68 valence electrons. The standard InChI is InChI=1S/C12H15N/c1-2-9-3-4-10-5-6-12(13)8-11(10)7-9/h2-4,7,12H,1,5-6,8,13H2/t12-/m1/s1. The normalized spacial score (nSPS) is 20.8. The molecule has 1 nitrogen and oxygen atoms in total. The highest BCUT2D eigenvalue weighted by Crippen LogP contribution is 2.21. The van der Waals surface area contributed by atoms with Crippen LogP contribution in [0.3, 0.4) is 0 Å². The summed E-state index contributed by atoms with van der Waals surface area (Å²) < 4.78 is 0. The van der Waals surface area contributed by atoms with Crippen molar-refractivity contribution in [2.24, 2.45) is 5.73 Å². The van der Waals surface area contributed by atoms with Gasteiger partial charge in [-0.3, -0.25) is 0 Å². The van der Waals surface area contributed by atoms with Gasteiger partial charge in [0.2, 0.25) is 0 Å². The molecule has 0 saturated heterocycles. The largest absolute Gasteiger partial charge is 0.327 e. The Bertz CT molecular complexity index is 328. The molecule has 1 heteroatoms. The molecule has 13 heavy (non-hydrogen) atoms. The van der Waals surface area contributed by atoms with Gasteiger partial charge >= 0.3 is 0 Å². The number of hydrogen-bond acceptors (Lipinski definition) is 1. The van der Waals surface area contributed by atoms with E-state index in [4.69, 9.17) is 5.73 Å². The van der Waals surface area contributed by atoms with Crippen molar-refractivity contribution in [1.29, 1.82) is 0 Å². The molecule has 0 radical (unpaired) electrons. The molecule has 0 aromatic heterocycles. The average Bonchev–Trinajstić information content (AvgIpc) is 2.16. The molecule has 1 aliphatic carbocycles. The van der Waals surface area contributed by atoms with Gasteiger partial charge in [-0.25, -0.2) is 0 Å². The van der Waals surface area contributed by atoms with Gasteiger partial charge in [-0.1, -0.05) is 30.9 Å². The third kappa shape index (κ3) is 1.65. The number of fused-ring (bicyclic) bond motifs is 1. The first-order chi connectivity index (χ1) is 6.29. The van der Waals surface area contributed by atoms with Crippen LogP contribution in [0.2, 0.25) is 0 Å². The molecule has 0 saturated carbocycles. The lowest BCUT2D eigenvalue weighted by atomic mass is 9.88. The Morgan fingerprint density at radius 2 is 2.23 bits per heavy atom. The van der Waals surface area contributed by atoms with E-state index in [9.17, 15) is 0 Å². The molecule has 2 rings (SSSR count). The number of nitrogens with two attached hydrogens (primary N) is 1. The van der Waals surface area contributed by atoms with Crippen molar-refractivity contribution >= 4 is 6.08 Å². The van der Waals surface area contributed by atoms with Crippen LogP contribution in [0.25, 0.3) is 6.08 Å². The van der Waals surface area contributed by atoms with Gasteiger partial charge in [-0.15, -0.1) is 0 Å². The van der Waals surface area contributed by atoms with E-state index in [-0.39, 0.29) is 0 Å².